The number of unbranched alkanes of at least 4 members (excludes halogenated alkanes) is 1. The van der Waals surface area contributed by atoms with Crippen molar-refractivity contribution in [3.63, 3.8) is 0 Å². The van der Waals surface area contributed by atoms with Crippen molar-refractivity contribution in [3.8, 4) is 11.5 Å². The van der Waals surface area contributed by atoms with E-state index in [2.05, 4.69) is 120 Å². The summed E-state index contributed by atoms with van der Waals surface area (Å²) < 4.78 is 9.74. The number of carbonyl (C=O) groups is 2. The summed E-state index contributed by atoms with van der Waals surface area (Å²) in [4.78, 5) is 56.7. The van der Waals surface area contributed by atoms with E-state index in [0.717, 1.165) is 57.8 Å². The van der Waals surface area contributed by atoms with Gasteiger partial charge in [-0.15, -0.1) is 0 Å². The van der Waals surface area contributed by atoms with E-state index < -0.39 is 22.3 Å². The van der Waals surface area contributed by atoms with E-state index in [0.29, 0.717) is 56.5 Å². The zero-order valence-electron chi connectivity index (χ0n) is 39.4. The molecule has 0 spiro atoms. The molecule has 1 atom stereocenters. The standard InChI is InChI=1S/C31H31N3O3.C27H25N3O3.CH4/c1-2-3-16-37-29-27(35)14-15-33-28(29)30(36)32(19-21-12-13-21)20-34(33)31-24(17-22-8-4-6-10-25(22)31)18-23-9-5-7-11-26(23)31;31-23-11-12-29-24(25(23)32)26(33)28(15-17-9-10-17)16-30(29)27-20(13-18-5-1-3-7-21(18)27)14-19-6-2-4-8-22(19)27;/h4-11,14-15,17,21H,2-3,12-13,16,18-20H2,1H3;1-8,11-12,17,20,32H,9-10,13-16H2;1H4. The molecule has 1 unspecified atom stereocenters. The van der Waals surface area contributed by atoms with Crippen molar-refractivity contribution >= 4 is 17.9 Å². The van der Waals surface area contributed by atoms with E-state index in [1.54, 1.807) is 23.1 Å². The van der Waals surface area contributed by atoms with Crippen molar-refractivity contribution < 1.29 is 19.4 Å². The molecule has 14 rings (SSSR count). The van der Waals surface area contributed by atoms with E-state index in [4.69, 9.17) is 4.74 Å². The topological polar surface area (TPSA) is 121 Å². The van der Waals surface area contributed by atoms with Crippen molar-refractivity contribution in [2.45, 2.75) is 83.2 Å². The minimum absolute atomic E-state index is 0. The monoisotopic (exact) mass is 948 g/mol. The number of amides is 2. The Morgan fingerprint density at radius 3 is 1.79 bits per heavy atom. The molecule has 0 radical (unpaired) electrons. The number of pyridine rings is 2. The Labute approximate surface area is 414 Å². The molecule has 0 bridgehead atoms. The first kappa shape index (κ1) is 44.8. The molecule has 1 N–H and O–H groups in total. The van der Waals surface area contributed by atoms with Gasteiger partial charge in [0.2, 0.25) is 10.9 Å². The molecule has 2 fully saturated rings. The van der Waals surface area contributed by atoms with Crippen LogP contribution in [0.3, 0.4) is 0 Å². The number of nitrogens with zero attached hydrogens (tertiary/aromatic N) is 6. The van der Waals surface area contributed by atoms with Crippen LogP contribution in [0.15, 0.2) is 137 Å². The van der Waals surface area contributed by atoms with E-state index in [1.165, 1.54) is 56.1 Å². The van der Waals surface area contributed by atoms with Crippen LogP contribution >= 0.6 is 0 Å². The van der Waals surface area contributed by atoms with E-state index in [9.17, 15) is 24.3 Å². The highest BCUT2D eigenvalue weighted by atomic mass is 16.5. The molecular weight excluding hydrogens is 889 g/mol. The normalized spacial score (nSPS) is 22.7. The molecule has 2 amide bonds. The van der Waals surface area contributed by atoms with E-state index in [-0.39, 0.29) is 36.1 Å². The van der Waals surface area contributed by atoms with Crippen molar-refractivity contribution in [2.24, 2.45) is 17.8 Å². The first-order valence-electron chi connectivity index (χ1n) is 25.2. The van der Waals surface area contributed by atoms with Crippen LogP contribution in [0.1, 0.15) is 118 Å². The van der Waals surface area contributed by atoms with Gasteiger partial charge in [-0.1, -0.05) is 124 Å². The molecule has 0 saturated heterocycles. The molecule has 2 aliphatic heterocycles. The van der Waals surface area contributed by atoms with Crippen molar-refractivity contribution in [3.05, 3.63) is 204 Å². The van der Waals surface area contributed by atoms with Gasteiger partial charge in [0.05, 0.1) is 6.61 Å². The number of benzene rings is 4. The fourth-order valence-corrected chi connectivity index (χ4v) is 12.9. The number of fused-ring (bicyclic) bond motifs is 12. The first-order valence-corrected chi connectivity index (χ1v) is 25.2. The first-order chi connectivity index (χ1) is 34.2. The van der Waals surface area contributed by atoms with Gasteiger partial charge in [-0.2, -0.15) is 0 Å². The lowest BCUT2D eigenvalue weighted by atomic mass is 9.81. The Bertz CT molecular complexity index is 3260. The predicted molar refractivity (Wildman–Crippen MR) is 274 cm³/mol. The minimum atomic E-state index is -0.555. The maximum absolute atomic E-state index is 14.0. The van der Waals surface area contributed by atoms with Crippen LogP contribution in [0.5, 0.6) is 11.5 Å². The fraction of sp³-hybridized carbons (Fsp3) is 0.356. The summed E-state index contributed by atoms with van der Waals surface area (Å²) in [6, 6.07) is 37.3. The lowest BCUT2D eigenvalue weighted by molar-refractivity contribution is 0.0634. The number of aromatic hydroxyl groups is 1. The molecule has 12 heteroatoms. The second-order valence-corrected chi connectivity index (χ2v) is 20.6. The number of carbonyl (C=O) groups excluding carboxylic acids is 2. The molecule has 362 valence electrons. The van der Waals surface area contributed by atoms with Crippen LogP contribution in [-0.2, 0) is 30.3 Å². The van der Waals surface area contributed by atoms with Gasteiger partial charge in [-0.05, 0) is 113 Å². The number of hydrogen-bond donors (Lipinski definition) is 1. The van der Waals surface area contributed by atoms with Crippen molar-refractivity contribution in [1.82, 2.24) is 19.2 Å². The van der Waals surface area contributed by atoms with Gasteiger partial charge >= 0.3 is 0 Å². The highest BCUT2D eigenvalue weighted by molar-refractivity contribution is 5.97. The van der Waals surface area contributed by atoms with Crippen LogP contribution in [0.2, 0.25) is 0 Å². The van der Waals surface area contributed by atoms with E-state index in [1.807, 2.05) is 14.5 Å². The predicted octanol–water partition coefficient (Wildman–Crippen LogP) is 8.31. The van der Waals surface area contributed by atoms with Crippen molar-refractivity contribution in [1.29, 1.82) is 0 Å². The summed E-state index contributed by atoms with van der Waals surface area (Å²) in [6.07, 6.45) is 14.8. The van der Waals surface area contributed by atoms with Gasteiger partial charge in [-0.25, -0.2) is 0 Å². The second kappa shape index (κ2) is 16.9. The Morgan fingerprint density at radius 2 is 1.15 bits per heavy atom. The van der Waals surface area contributed by atoms with Crippen LogP contribution in [0, 0.1) is 17.8 Å². The van der Waals surface area contributed by atoms with Crippen LogP contribution < -0.4 is 25.6 Å². The summed E-state index contributed by atoms with van der Waals surface area (Å²) in [6.45, 7) is 4.72. The van der Waals surface area contributed by atoms with Gasteiger partial charge < -0.3 is 19.6 Å². The molecule has 4 aromatic carbocycles. The summed E-state index contributed by atoms with van der Waals surface area (Å²) in [5, 5.41) is 15.3. The molecule has 6 aliphatic carbocycles. The Hall–Kier alpha value is -7.34. The third-order valence-electron chi connectivity index (χ3n) is 16.4. The molecule has 12 nitrogen and oxygen atoms in total. The summed E-state index contributed by atoms with van der Waals surface area (Å²) in [5.41, 5.74) is 10.1. The van der Waals surface area contributed by atoms with Crippen LogP contribution in [0.25, 0.3) is 6.08 Å². The smallest absolute Gasteiger partial charge is 0.277 e. The maximum Gasteiger partial charge on any atom is 0.277 e. The quantitative estimate of drug-likeness (QED) is 0.136. The average Bonchev–Trinajstić information content (AvgIpc) is 4.27. The molecule has 6 aromatic rings. The van der Waals surface area contributed by atoms with Gasteiger partial charge in [0, 0.05) is 43.5 Å². The van der Waals surface area contributed by atoms with Gasteiger partial charge in [0.25, 0.3) is 11.8 Å². The molecule has 2 saturated carbocycles. The number of aromatic nitrogens is 2. The van der Waals surface area contributed by atoms with E-state index >= 15 is 0 Å². The van der Waals surface area contributed by atoms with Crippen molar-refractivity contribution in [2.75, 3.05) is 43.1 Å². The Kier molecular flexibility index (Phi) is 10.7. The van der Waals surface area contributed by atoms with Gasteiger partial charge in [-0.3, -0.25) is 38.5 Å². The maximum atomic E-state index is 14.0. The second-order valence-electron chi connectivity index (χ2n) is 20.6. The van der Waals surface area contributed by atoms with Gasteiger partial charge in [0.1, 0.15) is 24.4 Å². The van der Waals surface area contributed by atoms with Gasteiger partial charge in [0.15, 0.2) is 22.9 Å². The van der Waals surface area contributed by atoms with Crippen LogP contribution in [-0.4, -0.2) is 69.1 Å². The Balaban J connectivity index is 0.000000145. The largest absolute Gasteiger partial charge is 0.502 e. The molecule has 4 heterocycles. The molecular formula is C59H60N6O6. The summed E-state index contributed by atoms with van der Waals surface area (Å²) in [7, 11) is 0. The minimum Gasteiger partial charge on any atom is -0.502 e. The molecule has 8 aliphatic rings. The number of ether oxygens (including phenoxy) is 1. The lowest BCUT2D eigenvalue weighted by Gasteiger charge is -2.50. The lowest BCUT2D eigenvalue weighted by Crippen LogP contribution is -2.63. The average molecular weight is 949 g/mol. The summed E-state index contributed by atoms with van der Waals surface area (Å²) >= 11 is 0. The summed E-state index contributed by atoms with van der Waals surface area (Å²) in [5.74, 6) is 0.657. The SMILES string of the molecule is C.CCCCOc1c2n(ccc1=O)N(C13C(=Cc4ccccc41)Cc1ccccc13)CN(CC1CC1)C2=O.O=C1c2c(O)c(=O)ccn2N(C23c4ccccc4CC2Cc2ccccc23)CN1CC1CC1. The zero-order valence-corrected chi connectivity index (χ0v) is 39.4. The number of rotatable bonds is 10. The third kappa shape index (κ3) is 6.69. The van der Waals surface area contributed by atoms with Crippen LogP contribution in [0.4, 0.5) is 0 Å². The zero-order chi connectivity index (χ0) is 47.5. The molecule has 71 heavy (non-hydrogen) atoms. The molecule has 2 aromatic heterocycles. The fourth-order valence-electron chi connectivity index (χ4n) is 12.9. The highest BCUT2D eigenvalue weighted by Gasteiger charge is 2.59. The number of hydrogen-bond acceptors (Lipinski definition) is 8. The Morgan fingerprint density at radius 1 is 0.620 bits per heavy atom. The third-order valence-corrected chi connectivity index (χ3v) is 16.4. The highest BCUT2D eigenvalue weighted by Crippen LogP contribution is 2.58.